The fourth-order valence-corrected chi connectivity index (χ4v) is 10.3. The van der Waals surface area contributed by atoms with E-state index in [1.165, 1.54) is 22.3 Å². The molecule has 2 heterocycles. The van der Waals surface area contributed by atoms with Crippen LogP contribution in [0.2, 0.25) is 0 Å². The maximum Gasteiger partial charge on any atom is 0.389 e. The van der Waals surface area contributed by atoms with Crippen molar-refractivity contribution in [3.8, 4) is 11.5 Å². The van der Waals surface area contributed by atoms with E-state index in [1.54, 1.807) is 0 Å². The highest BCUT2D eigenvalue weighted by molar-refractivity contribution is 7.26. The van der Waals surface area contributed by atoms with E-state index in [4.69, 9.17) is 27.6 Å². The molecule has 0 amide bonds. The van der Waals surface area contributed by atoms with Crippen LogP contribution in [0, 0.1) is 5.41 Å². The zero-order valence-corrected chi connectivity index (χ0v) is 38.6. The maximum atomic E-state index is 7.52. The van der Waals surface area contributed by atoms with E-state index in [0.29, 0.717) is 11.5 Å². The second-order valence-electron chi connectivity index (χ2n) is 18.6. The zero-order valence-electron chi connectivity index (χ0n) is 36.6. The molecule has 8 heteroatoms. The van der Waals surface area contributed by atoms with E-state index in [-0.39, 0.29) is 48.7 Å². The average molecular weight is 853 g/mol. The predicted octanol–water partition coefficient (Wildman–Crippen LogP) is 13.2. The van der Waals surface area contributed by atoms with E-state index in [0.717, 1.165) is 22.3 Å². The van der Waals surface area contributed by atoms with Gasteiger partial charge in [-0.3, -0.25) is 4.52 Å². The van der Waals surface area contributed by atoms with Crippen molar-refractivity contribution in [3.63, 3.8) is 0 Å². The van der Waals surface area contributed by atoms with Gasteiger partial charge < -0.3 is 23.0 Å². The molecule has 2 fully saturated rings. The Morgan fingerprint density at radius 1 is 0.393 bits per heavy atom. The van der Waals surface area contributed by atoms with E-state index in [9.17, 15) is 0 Å². The van der Waals surface area contributed by atoms with Crippen LogP contribution in [-0.4, -0.2) is 25.8 Å². The summed E-state index contributed by atoms with van der Waals surface area (Å²) in [4.78, 5) is 0. The van der Waals surface area contributed by atoms with Crippen LogP contribution in [0.1, 0.15) is 99.9 Å². The van der Waals surface area contributed by atoms with Crippen LogP contribution >= 0.6 is 18.1 Å². The summed E-state index contributed by atoms with van der Waals surface area (Å²) in [5.74, 6) is -0.428. The summed E-state index contributed by atoms with van der Waals surface area (Å²) in [6.07, 6.45) is 0. The highest BCUT2D eigenvalue weighted by atomic mass is 31.1. The molecule has 61 heavy (non-hydrogen) atoms. The van der Waals surface area contributed by atoms with Gasteiger partial charge in [-0.2, -0.15) is 0 Å². The molecule has 2 aliphatic heterocycles. The monoisotopic (exact) mass is 852 g/mol. The smallest absolute Gasteiger partial charge is 0.389 e. The number of hydrogen-bond acceptors (Lipinski definition) is 6. The lowest BCUT2D eigenvalue weighted by Gasteiger charge is -2.51. The molecule has 1 unspecified atom stereocenters. The maximum absolute atomic E-state index is 7.52. The second kappa shape index (κ2) is 17.1. The minimum absolute atomic E-state index is 0.113. The summed E-state index contributed by atoms with van der Waals surface area (Å²) in [5.41, 5.74) is 6.52. The molecule has 0 bridgehead atoms. The molecule has 316 valence electrons. The van der Waals surface area contributed by atoms with Gasteiger partial charge in [0.2, 0.25) is 0 Å². The molecule has 0 N–H and O–H groups in total. The van der Waals surface area contributed by atoms with Crippen molar-refractivity contribution >= 4 is 18.1 Å². The van der Waals surface area contributed by atoms with Crippen molar-refractivity contribution in [1.29, 1.82) is 0 Å². The third-order valence-electron chi connectivity index (χ3n) is 13.3. The van der Waals surface area contributed by atoms with Gasteiger partial charge >= 0.3 is 5.97 Å². The van der Waals surface area contributed by atoms with Crippen molar-refractivity contribution in [2.24, 2.45) is 5.41 Å². The Labute approximate surface area is 366 Å². The third kappa shape index (κ3) is 8.20. The average Bonchev–Trinajstić information content (AvgIpc) is 3.29. The first-order chi connectivity index (χ1) is 29.2. The van der Waals surface area contributed by atoms with E-state index in [1.807, 2.05) is 0 Å². The molecule has 0 saturated carbocycles. The Balaban J connectivity index is 1.32. The summed E-state index contributed by atoms with van der Waals surface area (Å²) in [7, 11) is -0.465. The number of hydrogen-bond donors (Lipinski definition) is 0. The van der Waals surface area contributed by atoms with Crippen LogP contribution < -0.4 is 9.47 Å². The molecule has 0 aliphatic carbocycles. The van der Waals surface area contributed by atoms with Gasteiger partial charge in [-0.15, -0.1) is 0 Å². The number of rotatable bonds is 12. The van der Waals surface area contributed by atoms with Crippen molar-refractivity contribution in [1.82, 2.24) is 0 Å². The van der Waals surface area contributed by atoms with E-state index in [2.05, 4.69) is 213 Å². The van der Waals surface area contributed by atoms with Gasteiger partial charge in [0.15, 0.2) is 18.1 Å². The second-order valence-corrected chi connectivity index (χ2v) is 20.0. The molecule has 2 aliphatic rings. The van der Waals surface area contributed by atoms with Gasteiger partial charge in [-0.05, 0) is 45.5 Å². The van der Waals surface area contributed by atoms with Crippen LogP contribution in [0.25, 0.3) is 0 Å². The summed E-state index contributed by atoms with van der Waals surface area (Å²) >= 11 is 0. The van der Waals surface area contributed by atoms with Gasteiger partial charge in [0.25, 0.3) is 0 Å². The number of ether oxygens (including phenoxy) is 2. The lowest BCUT2D eigenvalue weighted by atomic mass is 9.73. The Morgan fingerprint density at radius 3 is 1.08 bits per heavy atom. The van der Waals surface area contributed by atoms with Crippen molar-refractivity contribution < 1.29 is 27.6 Å². The van der Waals surface area contributed by atoms with Gasteiger partial charge in [0.05, 0.1) is 19.8 Å². The van der Waals surface area contributed by atoms with E-state index < -0.39 is 22.2 Å². The molecule has 6 nitrogen and oxygen atoms in total. The summed E-state index contributed by atoms with van der Waals surface area (Å²) in [6, 6.07) is 55.6. The topological polar surface area (TPSA) is 55.4 Å². The van der Waals surface area contributed by atoms with Crippen molar-refractivity contribution in [3.05, 3.63) is 202 Å². The highest BCUT2D eigenvalue weighted by Gasteiger charge is 2.64. The molecule has 1 spiro atoms. The molecule has 2 saturated heterocycles. The van der Waals surface area contributed by atoms with Crippen molar-refractivity contribution in [2.45, 2.75) is 83.0 Å². The predicted molar refractivity (Wildman–Crippen MR) is 249 cm³/mol. The first-order valence-corrected chi connectivity index (χ1v) is 22.8. The van der Waals surface area contributed by atoms with Gasteiger partial charge in [0, 0.05) is 32.8 Å². The lowest BCUT2D eigenvalue weighted by Crippen LogP contribution is -2.66. The zero-order chi connectivity index (χ0) is 42.9. The molecule has 6 aromatic rings. The van der Waals surface area contributed by atoms with Crippen LogP contribution in [0.4, 0.5) is 0 Å². The summed E-state index contributed by atoms with van der Waals surface area (Å²) in [6.45, 7) is 18.9. The Bertz CT molecular complexity index is 2250. The Morgan fingerprint density at radius 2 is 0.721 bits per heavy atom. The van der Waals surface area contributed by atoms with Gasteiger partial charge in [-0.25, -0.2) is 0 Å². The van der Waals surface area contributed by atoms with Crippen LogP contribution in [0.15, 0.2) is 158 Å². The third-order valence-corrected chi connectivity index (χ3v) is 14.4. The van der Waals surface area contributed by atoms with Crippen LogP contribution in [-0.2, 0) is 39.8 Å². The van der Waals surface area contributed by atoms with Gasteiger partial charge in [-0.1, -0.05) is 201 Å². The quantitative estimate of drug-likeness (QED) is 0.0903. The highest BCUT2D eigenvalue weighted by Crippen LogP contribution is 2.54. The molecule has 0 radical (unpaired) electrons. The molecular weight excluding hydrogens is 795 g/mol. The minimum Gasteiger partial charge on any atom is -0.429 e. The molecule has 8 rings (SSSR count). The van der Waals surface area contributed by atoms with Crippen LogP contribution in [0.3, 0.4) is 0 Å². The first kappa shape index (κ1) is 43.3. The Hall–Kier alpha value is -4.38. The largest absolute Gasteiger partial charge is 0.429 e. The Kier molecular flexibility index (Phi) is 12.1. The fraction of sp³-hybridized carbons (Fsp3) is 0.321. The van der Waals surface area contributed by atoms with E-state index >= 15 is 0 Å². The van der Waals surface area contributed by atoms with Crippen LogP contribution in [0.5, 0.6) is 11.5 Å². The molecular formula is C53H58O6P2. The van der Waals surface area contributed by atoms with Crippen molar-refractivity contribution in [2.75, 3.05) is 19.8 Å². The SMILES string of the molecule is CC(C)(c1ccccc1)c1ccc(OC2(Oc3ccc(C(C)(C)c4ccccc4)cc3C(C)(C)c3ccccc3)OPOCC23COPOC3)c(C(C)(C)c2ccccc2)c1. The standard InChI is InChI=1S/C53H58O6P2/c1-48(2,38-21-13-9-14-22-38)42-29-31-46(44(33-42)50(5,6)40-25-17-11-18-26-40)57-53(52(37-56-61-59-53)35-54-60-55-36-52)58-47-32-30-43(49(3,4)39-23-15-10-16-24-39)34-45(47)51(7,8)41-27-19-12-20-28-41/h9-34,60-61H,35-37H2,1-8H3. The fourth-order valence-electron chi connectivity index (χ4n) is 8.75. The van der Waals surface area contributed by atoms with Gasteiger partial charge in [0.1, 0.15) is 16.9 Å². The summed E-state index contributed by atoms with van der Waals surface area (Å²) in [5, 5.41) is 0. The number of benzene rings is 6. The first-order valence-electron chi connectivity index (χ1n) is 21.1. The molecule has 6 aromatic carbocycles. The molecule has 1 atom stereocenters. The summed E-state index contributed by atoms with van der Waals surface area (Å²) < 4.78 is 40.3. The molecule has 0 aromatic heterocycles. The minimum atomic E-state index is -1.72. The lowest BCUT2D eigenvalue weighted by molar-refractivity contribution is -0.351. The normalized spacial score (nSPS) is 19.2.